The lowest BCUT2D eigenvalue weighted by Crippen LogP contribution is -2.32. The van der Waals surface area contributed by atoms with Crippen molar-refractivity contribution < 1.29 is 4.39 Å². The zero-order chi connectivity index (χ0) is 11.4. The molecular formula is C11H16ClFN2. The normalized spacial score (nSPS) is 15.0. The summed E-state index contributed by atoms with van der Waals surface area (Å²) in [6.45, 7) is 4.17. The van der Waals surface area contributed by atoms with E-state index in [0.29, 0.717) is 5.92 Å². The summed E-state index contributed by atoms with van der Waals surface area (Å²) in [4.78, 5) is 0. The van der Waals surface area contributed by atoms with Gasteiger partial charge in [-0.3, -0.25) is 11.3 Å². The Bertz CT molecular complexity index is 330. The van der Waals surface area contributed by atoms with Crippen LogP contribution in [0.1, 0.15) is 31.9 Å². The average molecular weight is 231 g/mol. The van der Waals surface area contributed by atoms with Crippen molar-refractivity contribution in [2.24, 2.45) is 11.8 Å². The van der Waals surface area contributed by atoms with E-state index in [1.54, 1.807) is 12.1 Å². The number of halogens is 2. The van der Waals surface area contributed by atoms with Crippen molar-refractivity contribution in [1.82, 2.24) is 5.43 Å². The SMILES string of the molecule is CCC(C)C(NN)c1ccc(F)c(Cl)c1. The molecule has 0 saturated carbocycles. The number of nitrogens with one attached hydrogen (secondary N) is 1. The van der Waals surface area contributed by atoms with E-state index in [1.807, 2.05) is 0 Å². The van der Waals surface area contributed by atoms with Gasteiger partial charge in [-0.2, -0.15) is 0 Å². The summed E-state index contributed by atoms with van der Waals surface area (Å²) in [5, 5.41) is 0.135. The van der Waals surface area contributed by atoms with Crippen LogP contribution in [0.15, 0.2) is 18.2 Å². The highest BCUT2D eigenvalue weighted by atomic mass is 35.5. The zero-order valence-corrected chi connectivity index (χ0v) is 9.68. The molecule has 0 saturated heterocycles. The molecule has 84 valence electrons. The van der Waals surface area contributed by atoms with Gasteiger partial charge < -0.3 is 0 Å². The highest BCUT2D eigenvalue weighted by Gasteiger charge is 2.17. The number of nitrogens with two attached hydrogens (primary N) is 1. The maximum atomic E-state index is 13.0. The van der Waals surface area contributed by atoms with Gasteiger partial charge in [0.05, 0.1) is 5.02 Å². The molecule has 2 unspecified atom stereocenters. The fraction of sp³-hybridized carbons (Fsp3) is 0.455. The van der Waals surface area contributed by atoms with Crippen LogP contribution in [0, 0.1) is 11.7 Å². The van der Waals surface area contributed by atoms with Crippen LogP contribution in [0.3, 0.4) is 0 Å². The molecule has 0 fully saturated rings. The highest BCUT2D eigenvalue weighted by molar-refractivity contribution is 6.30. The van der Waals surface area contributed by atoms with E-state index in [1.165, 1.54) is 6.07 Å². The van der Waals surface area contributed by atoms with Gasteiger partial charge in [0.1, 0.15) is 5.82 Å². The van der Waals surface area contributed by atoms with Gasteiger partial charge in [-0.05, 0) is 23.6 Å². The Hall–Kier alpha value is -0.640. The van der Waals surface area contributed by atoms with Crippen LogP contribution < -0.4 is 11.3 Å². The van der Waals surface area contributed by atoms with E-state index in [0.717, 1.165) is 12.0 Å². The second-order valence-corrected chi connectivity index (χ2v) is 4.11. The van der Waals surface area contributed by atoms with Crippen molar-refractivity contribution in [2.75, 3.05) is 0 Å². The number of hydrogen-bond donors (Lipinski definition) is 2. The predicted octanol–water partition coefficient (Wildman–Crippen LogP) is 3.03. The first kappa shape index (κ1) is 12.4. The fourth-order valence-corrected chi connectivity index (χ4v) is 1.72. The average Bonchev–Trinajstić information content (AvgIpc) is 2.24. The van der Waals surface area contributed by atoms with E-state index in [-0.39, 0.29) is 11.1 Å². The quantitative estimate of drug-likeness (QED) is 0.617. The van der Waals surface area contributed by atoms with E-state index in [4.69, 9.17) is 17.4 Å². The Morgan fingerprint density at radius 1 is 1.53 bits per heavy atom. The number of hydrazine groups is 1. The summed E-state index contributed by atoms with van der Waals surface area (Å²) in [5.74, 6) is 5.45. The van der Waals surface area contributed by atoms with Crippen LogP contribution in [0.4, 0.5) is 4.39 Å². The molecule has 15 heavy (non-hydrogen) atoms. The van der Waals surface area contributed by atoms with Crippen LogP contribution in [0.2, 0.25) is 5.02 Å². The molecule has 2 atom stereocenters. The molecule has 0 aliphatic rings. The first-order valence-corrected chi connectivity index (χ1v) is 5.39. The molecule has 0 amide bonds. The van der Waals surface area contributed by atoms with Gasteiger partial charge in [-0.25, -0.2) is 4.39 Å². The Morgan fingerprint density at radius 3 is 2.67 bits per heavy atom. The summed E-state index contributed by atoms with van der Waals surface area (Å²) in [7, 11) is 0. The third-order valence-corrected chi connectivity index (χ3v) is 2.98. The lowest BCUT2D eigenvalue weighted by atomic mass is 9.93. The monoisotopic (exact) mass is 230 g/mol. The Kier molecular flexibility index (Phi) is 4.51. The van der Waals surface area contributed by atoms with Crippen molar-refractivity contribution >= 4 is 11.6 Å². The molecule has 0 aliphatic heterocycles. The standard InChI is InChI=1S/C11H16ClFN2/c1-3-7(2)11(15-14)8-4-5-10(13)9(12)6-8/h4-7,11,15H,3,14H2,1-2H3. The van der Waals surface area contributed by atoms with Crippen molar-refractivity contribution in [3.05, 3.63) is 34.6 Å². The summed E-state index contributed by atoms with van der Waals surface area (Å²) in [6.07, 6.45) is 0.990. The fourth-order valence-electron chi connectivity index (χ4n) is 1.53. The smallest absolute Gasteiger partial charge is 0.141 e. The topological polar surface area (TPSA) is 38.0 Å². The minimum atomic E-state index is -0.402. The molecule has 2 nitrogen and oxygen atoms in total. The molecule has 0 bridgehead atoms. The molecule has 0 heterocycles. The van der Waals surface area contributed by atoms with Gasteiger partial charge in [0, 0.05) is 6.04 Å². The van der Waals surface area contributed by atoms with Crippen molar-refractivity contribution in [3.8, 4) is 0 Å². The second-order valence-electron chi connectivity index (χ2n) is 3.70. The predicted molar refractivity (Wildman–Crippen MR) is 60.9 cm³/mol. The first-order valence-electron chi connectivity index (χ1n) is 5.01. The van der Waals surface area contributed by atoms with Crippen molar-refractivity contribution in [2.45, 2.75) is 26.3 Å². The van der Waals surface area contributed by atoms with E-state index in [2.05, 4.69) is 19.3 Å². The van der Waals surface area contributed by atoms with Gasteiger partial charge in [-0.15, -0.1) is 0 Å². The Labute approximate surface area is 94.6 Å². The third kappa shape index (κ3) is 2.91. The summed E-state index contributed by atoms with van der Waals surface area (Å²) < 4.78 is 13.0. The lowest BCUT2D eigenvalue weighted by molar-refractivity contribution is 0.382. The molecule has 0 radical (unpaired) electrons. The van der Waals surface area contributed by atoms with E-state index < -0.39 is 5.82 Å². The number of rotatable bonds is 4. The Morgan fingerprint density at radius 2 is 2.20 bits per heavy atom. The van der Waals surface area contributed by atoms with Crippen LogP contribution >= 0.6 is 11.6 Å². The van der Waals surface area contributed by atoms with Crippen LogP contribution in [0.25, 0.3) is 0 Å². The molecule has 0 aliphatic carbocycles. The van der Waals surface area contributed by atoms with Crippen molar-refractivity contribution in [1.29, 1.82) is 0 Å². The highest BCUT2D eigenvalue weighted by Crippen LogP contribution is 2.26. The molecule has 1 aromatic carbocycles. The number of hydrogen-bond acceptors (Lipinski definition) is 2. The van der Waals surface area contributed by atoms with Gasteiger partial charge >= 0.3 is 0 Å². The van der Waals surface area contributed by atoms with E-state index >= 15 is 0 Å². The number of benzene rings is 1. The van der Waals surface area contributed by atoms with Crippen LogP contribution in [-0.2, 0) is 0 Å². The third-order valence-electron chi connectivity index (χ3n) is 2.70. The molecular weight excluding hydrogens is 215 g/mol. The van der Waals surface area contributed by atoms with Gasteiger partial charge in [0.15, 0.2) is 0 Å². The van der Waals surface area contributed by atoms with Crippen LogP contribution in [-0.4, -0.2) is 0 Å². The minimum absolute atomic E-state index is 0.00750. The molecule has 3 N–H and O–H groups in total. The summed E-state index contributed by atoms with van der Waals surface area (Å²) in [6, 6.07) is 4.70. The zero-order valence-electron chi connectivity index (χ0n) is 8.93. The minimum Gasteiger partial charge on any atom is -0.271 e. The molecule has 0 spiro atoms. The Balaban J connectivity index is 2.97. The molecule has 4 heteroatoms. The van der Waals surface area contributed by atoms with Gasteiger partial charge in [-0.1, -0.05) is 37.9 Å². The molecule has 1 rings (SSSR count). The van der Waals surface area contributed by atoms with Crippen molar-refractivity contribution in [3.63, 3.8) is 0 Å². The molecule has 0 aromatic heterocycles. The maximum Gasteiger partial charge on any atom is 0.141 e. The largest absolute Gasteiger partial charge is 0.271 e. The van der Waals surface area contributed by atoms with Gasteiger partial charge in [0.25, 0.3) is 0 Å². The van der Waals surface area contributed by atoms with Gasteiger partial charge in [0.2, 0.25) is 0 Å². The lowest BCUT2D eigenvalue weighted by Gasteiger charge is -2.22. The maximum absolute atomic E-state index is 13.0. The first-order chi connectivity index (χ1) is 7.10. The summed E-state index contributed by atoms with van der Waals surface area (Å²) >= 11 is 5.72. The second kappa shape index (κ2) is 5.45. The van der Waals surface area contributed by atoms with Crippen LogP contribution in [0.5, 0.6) is 0 Å². The van der Waals surface area contributed by atoms with E-state index in [9.17, 15) is 4.39 Å². The summed E-state index contributed by atoms with van der Waals surface area (Å²) in [5.41, 5.74) is 3.65. The molecule has 1 aromatic rings.